The van der Waals surface area contributed by atoms with Gasteiger partial charge in [0, 0.05) is 25.6 Å². The number of nitrogens with one attached hydrogen (secondary N) is 1. The summed E-state index contributed by atoms with van der Waals surface area (Å²) in [7, 11) is 0. The third-order valence-electron chi connectivity index (χ3n) is 2.73. The molecule has 0 spiro atoms. The van der Waals surface area contributed by atoms with Crippen LogP contribution in [0.3, 0.4) is 0 Å². The van der Waals surface area contributed by atoms with Gasteiger partial charge in [-0.3, -0.25) is 9.59 Å². The Labute approximate surface area is 90.0 Å². The van der Waals surface area contributed by atoms with E-state index in [4.69, 9.17) is 5.73 Å². The highest BCUT2D eigenvalue weighted by Crippen LogP contribution is 2.15. The van der Waals surface area contributed by atoms with E-state index in [-0.39, 0.29) is 30.4 Å². The predicted molar refractivity (Wildman–Crippen MR) is 57.1 cm³/mol. The molecule has 0 bridgehead atoms. The molecule has 0 saturated carbocycles. The number of amides is 2. The molecule has 5 heteroatoms. The van der Waals surface area contributed by atoms with Crippen molar-refractivity contribution in [2.24, 2.45) is 5.73 Å². The lowest BCUT2D eigenvalue weighted by Crippen LogP contribution is -2.51. The highest BCUT2D eigenvalue weighted by Gasteiger charge is 2.26. The zero-order valence-corrected chi connectivity index (χ0v) is 9.32. The number of hydrogen-bond acceptors (Lipinski definition) is 3. The minimum atomic E-state index is -0.176. The SMILES string of the molecule is CC(=O)NCC(=O)N1CCC(N)CC1C. The summed E-state index contributed by atoms with van der Waals surface area (Å²) < 4.78 is 0. The van der Waals surface area contributed by atoms with Crippen LogP contribution in [0, 0.1) is 0 Å². The molecule has 0 radical (unpaired) electrons. The summed E-state index contributed by atoms with van der Waals surface area (Å²) in [4.78, 5) is 24.1. The number of likely N-dealkylation sites (tertiary alicyclic amines) is 1. The topological polar surface area (TPSA) is 75.4 Å². The van der Waals surface area contributed by atoms with Gasteiger partial charge < -0.3 is 16.0 Å². The summed E-state index contributed by atoms with van der Waals surface area (Å²) in [5.41, 5.74) is 5.80. The van der Waals surface area contributed by atoms with Crippen LogP contribution in [-0.4, -0.2) is 41.9 Å². The van der Waals surface area contributed by atoms with Crippen molar-refractivity contribution in [1.29, 1.82) is 0 Å². The quantitative estimate of drug-likeness (QED) is 0.647. The normalized spacial score (nSPS) is 26.2. The highest BCUT2D eigenvalue weighted by molar-refractivity contribution is 5.83. The number of carbonyl (C=O) groups excluding carboxylic acids is 2. The van der Waals surface area contributed by atoms with E-state index in [1.807, 2.05) is 6.92 Å². The summed E-state index contributed by atoms with van der Waals surface area (Å²) in [6.07, 6.45) is 1.68. The molecule has 0 aromatic rings. The molecule has 5 nitrogen and oxygen atoms in total. The van der Waals surface area contributed by atoms with E-state index in [1.54, 1.807) is 4.90 Å². The van der Waals surface area contributed by atoms with Gasteiger partial charge in [0.05, 0.1) is 6.54 Å². The fourth-order valence-electron chi connectivity index (χ4n) is 1.88. The smallest absolute Gasteiger partial charge is 0.242 e. The molecule has 0 aliphatic carbocycles. The molecule has 1 heterocycles. The lowest BCUT2D eigenvalue weighted by atomic mass is 9.99. The Hall–Kier alpha value is -1.10. The molecule has 1 aliphatic heterocycles. The van der Waals surface area contributed by atoms with Crippen LogP contribution in [0.1, 0.15) is 26.7 Å². The van der Waals surface area contributed by atoms with Gasteiger partial charge in [0.25, 0.3) is 0 Å². The minimum Gasteiger partial charge on any atom is -0.347 e. The molecule has 1 fully saturated rings. The number of nitrogens with two attached hydrogens (primary N) is 1. The standard InChI is InChI=1S/C10H19N3O2/c1-7-5-9(11)3-4-13(7)10(15)6-12-8(2)14/h7,9H,3-6,11H2,1-2H3,(H,12,14). The van der Waals surface area contributed by atoms with Crippen molar-refractivity contribution in [3.8, 4) is 0 Å². The molecule has 86 valence electrons. The molecule has 1 aliphatic rings. The van der Waals surface area contributed by atoms with E-state index in [0.717, 1.165) is 12.8 Å². The summed E-state index contributed by atoms with van der Waals surface area (Å²) in [6.45, 7) is 4.18. The summed E-state index contributed by atoms with van der Waals surface area (Å²) in [5, 5.41) is 2.51. The maximum Gasteiger partial charge on any atom is 0.242 e. The van der Waals surface area contributed by atoms with Crippen LogP contribution in [0.5, 0.6) is 0 Å². The average molecular weight is 213 g/mol. The van der Waals surface area contributed by atoms with Gasteiger partial charge in [-0.25, -0.2) is 0 Å². The first-order valence-corrected chi connectivity index (χ1v) is 5.30. The number of hydrogen-bond donors (Lipinski definition) is 2. The van der Waals surface area contributed by atoms with Crippen molar-refractivity contribution in [1.82, 2.24) is 10.2 Å². The first-order chi connectivity index (χ1) is 7.00. The lowest BCUT2D eigenvalue weighted by molar-refractivity contribution is -0.135. The van der Waals surface area contributed by atoms with Crippen molar-refractivity contribution in [2.75, 3.05) is 13.1 Å². The summed E-state index contributed by atoms with van der Waals surface area (Å²) in [6, 6.07) is 0.375. The largest absolute Gasteiger partial charge is 0.347 e. The van der Waals surface area contributed by atoms with Gasteiger partial charge in [0.15, 0.2) is 0 Å². The van der Waals surface area contributed by atoms with Gasteiger partial charge in [-0.1, -0.05) is 0 Å². The monoisotopic (exact) mass is 213 g/mol. The molecule has 1 saturated heterocycles. The van der Waals surface area contributed by atoms with Crippen molar-refractivity contribution >= 4 is 11.8 Å². The maximum atomic E-state index is 11.7. The van der Waals surface area contributed by atoms with Crippen LogP contribution in [0.15, 0.2) is 0 Å². The fourth-order valence-corrected chi connectivity index (χ4v) is 1.88. The molecular weight excluding hydrogens is 194 g/mol. The number of piperidine rings is 1. The molecule has 1 rings (SSSR count). The summed E-state index contributed by atoms with van der Waals surface area (Å²) >= 11 is 0. The van der Waals surface area contributed by atoms with Gasteiger partial charge >= 0.3 is 0 Å². The zero-order chi connectivity index (χ0) is 11.4. The number of carbonyl (C=O) groups is 2. The Balaban J connectivity index is 2.42. The van der Waals surface area contributed by atoms with Gasteiger partial charge in [-0.05, 0) is 19.8 Å². The first-order valence-electron chi connectivity index (χ1n) is 5.30. The van der Waals surface area contributed by atoms with Crippen LogP contribution in [0.4, 0.5) is 0 Å². The Bertz CT molecular complexity index is 255. The Morgan fingerprint density at radius 2 is 2.20 bits per heavy atom. The van der Waals surface area contributed by atoms with Crippen LogP contribution in [0.25, 0.3) is 0 Å². The Morgan fingerprint density at radius 1 is 1.53 bits per heavy atom. The first kappa shape index (κ1) is 12.0. The molecule has 0 aromatic heterocycles. The molecule has 2 unspecified atom stereocenters. The Kier molecular flexibility index (Phi) is 4.08. The summed E-state index contributed by atoms with van der Waals surface area (Å²) in [5.74, 6) is -0.200. The average Bonchev–Trinajstić information content (AvgIpc) is 2.14. The van der Waals surface area contributed by atoms with E-state index in [9.17, 15) is 9.59 Å². The van der Waals surface area contributed by atoms with E-state index >= 15 is 0 Å². The van der Waals surface area contributed by atoms with Crippen molar-refractivity contribution in [2.45, 2.75) is 38.8 Å². The van der Waals surface area contributed by atoms with Gasteiger partial charge in [-0.2, -0.15) is 0 Å². The molecule has 3 N–H and O–H groups in total. The third kappa shape index (κ3) is 3.51. The molecule has 2 amide bonds. The van der Waals surface area contributed by atoms with Crippen molar-refractivity contribution in [3.05, 3.63) is 0 Å². The maximum absolute atomic E-state index is 11.7. The predicted octanol–water partition coefficient (Wildman–Crippen LogP) is -0.539. The van der Waals surface area contributed by atoms with Crippen molar-refractivity contribution < 1.29 is 9.59 Å². The van der Waals surface area contributed by atoms with Crippen LogP contribution in [-0.2, 0) is 9.59 Å². The highest BCUT2D eigenvalue weighted by atomic mass is 16.2. The molecule has 2 atom stereocenters. The van der Waals surface area contributed by atoms with Gasteiger partial charge in [0.1, 0.15) is 0 Å². The van der Waals surface area contributed by atoms with Crippen LogP contribution >= 0.6 is 0 Å². The fraction of sp³-hybridized carbons (Fsp3) is 0.800. The number of nitrogens with zero attached hydrogens (tertiary/aromatic N) is 1. The van der Waals surface area contributed by atoms with Gasteiger partial charge in [-0.15, -0.1) is 0 Å². The Morgan fingerprint density at radius 3 is 2.73 bits per heavy atom. The van der Waals surface area contributed by atoms with Crippen molar-refractivity contribution in [3.63, 3.8) is 0 Å². The lowest BCUT2D eigenvalue weighted by Gasteiger charge is -2.36. The van der Waals surface area contributed by atoms with E-state index in [0.29, 0.717) is 6.54 Å². The number of rotatable bonds is 2. The molecule has 15 heavy (non-hydrogen) atoms. The second-order valence-corrected chi connectivity index (χ2v) is 4.13. The zero-order valence-electron chi connectivity index (χ0n) is 9.32. The second kappa shape index (κ2) is 5.11. The van der Waals surface area contributed by atoms with E-state index < -0.39 is 0 Å². The van der Waals surface area contributed by atoms with E-state index in [1.165, 1.54) is 6.92 Å². The molecular formula is C10H19N3O2. The second-order valence-electron chi connectivity index (χ2n) is 4.13. The van der Waals surface area contributed by atoms with E-state index in [2.05, 4.69) is 5.32 Å². The molecule has 0 aromatic carbocycles. The van der Waals surface area contributed by atoms with Crippen LogP contribution < -0.4 is 11.1 Å². The third-order valence-corrected chi connectivity index (χ3v) is 2.73. The van der Waals surface area contributed by atoms with Crippen LogP contribution in [0.2, 0.25) is 0 Å². The van der Waals surface area contributed by atoms with Gasteiger partial charge in [0.2, 0.25) is 11.8 Å². The minimum absolute atomic E-state index is 0.0235.